The summed E-state index contributed by atoms with van der Waals surface area (Å²) in [5.74, 6) is -0.827. The number of halogens is 3. The van der Waals surface area contributed by atoms with Crippen molar-refractivity contribution in [3.8, 4) is 0 Å². The SMILES string of the molecule is NS(=O)(=O)c1cc(F)cc(NC(=O)NCCCc2ccc(Cl)c(Cl)c2)c1. The monoisotopic (exact) mass is 419 g/mol. The molecule has 0 saturated carbocycles. The van der Waals surface area contributed by atoms with Crippen LogP contribution in [0.1, 0.15) is 12.0 Å². The van der Waals surface area contributed by atoms with Gasteiger partial charge in [-0.2, -0.15) is 0 Å². The Morgan fingerprint density at radius 1 is 1.12 bits per heavy atom. The van der Waals surface area contributed by atoms with Gasteiger partial charge in [0.25, 0.3) is 0 Å². The number of anilines is 1. The molecule has 0 aromatic heterocycles. The average molecular weight is 420 g/mol. The maximum atomic E-state index is 13.5. The van der Waals surface area contributed by atoms with Gasteiger partial charge in [-0.15, -0.1) is 0 Å². The second kappa shape index (κ2) is 8.68. The molecule has 2 rings (SSSR count). The zero-order valence-electron chi connectivity index (χ0n) is 13.4. The zero-order chi connectivity index (χ0) is 19.3. The second-order valence-electron chi connectivity index (χ2n) is 5.45. The number of rotatable bonds is 6. The van der Waals surface area contributed by atoms with Gasteiger partial charge in [0.2, 0.25) is 10.0 Å². The van der Waals surface area contributed by atoms with Gasteiger partial charge in [-0.05, 0) is 48.7 Å². The molecular weight excluding hydrogens is 404 g/mol. The van der Waals surface area contributed by atoms with Gasteiger partial charge in [-0.25, -0.2) is 22.7 Å². The fourth-order valence-corrected chi connectivity index (χ4v) is 3.05. The molecule has 26 heavy (non-hydrogen) atoms. The van der Waals surface area contributed by atoms with Gasteiger partial charge >= 0.3 is 6.03 Å². The van der Waals surface area contributed by atoms with Crippen LogP contribution in [0.25, 0.3) is 0 Å². The summed E-state index contributed by atoms with van der Waals surface area (Å²) < 4.78 is 36.0. The fourth-order valence-electron chi connectivity index (χ4n) is 2.16. The maximum absolute atomic E-state index is 13.5. The number of hydrogen-bond acceptors (Lipinski definition) is 3. The first-order chi connectivity index (χ1) is 12.1. The Morgan fingerprint density at radius 2 is 1.85 bits per heavy atom. The van der Waals surface area contributed by atoms with Gasteiger partial charge in [0.1, 0.15) is 5.82 Å². The van der Waals surface area contributed by atoms with E-state index in [4.69, 9.17) is 28.3 Å². The molecule has 2 amide bonds. The van der Waals surface area contributed by atoms with Crippen LogP contribution in [0, 0.1) is 5.82 Å². The maximum Gasteiger partial charge on any atom is 0.319 e. The predicted octanol–water partition coefficient (Wildman–Crippen LogP) is 3.53. The molecular formula is C16H16Cl2FN3O3S. The van der Waals surface area contributed by atoms with Gasteiger partial charge in [0.05, 0.1) is 14.9 Å². The van der Waals surface area contributed by atoms with E-state index in [0.29, 0.717) is 29.4 Å². The highest BCUT2D eigenvalue weighted by atomic mass is 35.5. The second-order valence-corrected chi connectivity index (χ2v) is 7.83. The van der Waals surface area contributed by atoms with Crippen molar-refractivity contribution in [1.29, 1.82) is 0 Å². The lowest BCUT2D eigenvalue weighted by molar-refractivity contribution is 0.252. The Balaban J connectivity index is 1.85. The van der Waals surface area contributed by atoms with Crippen LogP contribution >= 0.6 is 23.2 Å². The van der Waals surface area contributed by atoms with Gasteiger partial charge in [0.15, 0.2) is 0 Å². The third-order valence-corrected chi connectivity index (χ3v) is 5.00. The van der Waals surface area contributed by atoms with Gasteiger partial charge < -0.3 is 10.6 Å². The molecule has 2 aromatic carbocycles. The number of primary sulfonamides is 1. The molecule has 0 fully saturated rings. The molecule has 0 radical (unpaired) electrons. The third kappa shape index (κ3) is 6.14. The molecule has 6 nitrogen and oxygen atoms in total. The van der Waals surface area contributed by atoms with E-state index in [-0.39, 0.29) is 5.69 Å². The Morgan fingerprint density at radius 3 is 2.50 bits per heavy atom. The number of hydrogen-bond donors (Lipinski definition) is 3. The van der Waals surface area contributed by atoms with Crippen LogP contribution in [-0.2, 0) is 16.4 Å². The zero-order valence-corrected chi connectivity index (χ0v) is 15.8. The molecule has 0 heterocycles. The van der Waals surface area contributed by atoms with Gasteiger partial charge in [-0.3, -0.25) is 0 Å². The molecule has 0 unspecified atom stereocenters. The average Bonchev–Trinajstić information content (AvgIpc) is 2.53. The first-order valence-electron chi connectivity index (χ1n) is 7.47. The molecule has 0 atom stereocenters. The van der Waals surface area contributed by atoms with E-state index in [1.165, 1.54) is 0 Å². The van der Waals surface area contributed by atoms with Crippen LogP contribution in [0.4, 0.5) is 14.9 Å². The number of carbonyl (C=O) groups is 1. The summed E-state index contributed by atoms with van der Waals surface area (Å²) in [4.78, 5) is 11.4. The first-order valence-corrected chi connectivity index (χ1v) is 9.77. The minimum Gasteiger partial charge on any atom is -0.338 e. The molecule has 0 aliphatic heterocycles. The Labute approximate surface area is 160 Å². The highest BCUT2D eigenvalue weighted by Gasteiger charge is 2.12. The number of benzene rings is 2. The van der Waals surface area contributed by atoms with Crippen molar-refractivity contribution in [1.82, 2.24) is 5.32 Å². The summed E-state index contributed by atoms with van der Waals surface area (Å²) in [6, 6.07) is 7.55. The highest BCUT2D eigenvalue weighted by molar-refractivity contribution is 7.89. The van der Waals surface area contributed by atoms with Crippen molar-refractivity contribution in [2.45, 2.75) is 17.7 Å². The molecule has 0 bridgehead atoms. The number of nitrogens with two attached hydrogens (primary N) is 1. The van der Waals surface area contributed by atoms with E-state index < -0.39 is 26.8 Å². The van der Waals surface area contributed by atoms with E-state index in [9.17, 15) is 17.6 Å². The van der Waals surface area contributed by atoms with Crippen molar-refractivity contribution < 1.29 is 17.6 Å². The van der Waals surface area contributed by atoms with E-state index in [1.807, 2.05) is 6.07 Å². The Bertz CT molecular complexity index is 923. The van der Waals surface area contributed by atoms with E-state index in [2.05, 4.69) is 10.6 Å². The number of aryl methyl sites for hydroxylation is 1. The summed E-state index contributed by atoms with van der Waals surface area (Å²) >= 11 is 11.8. The minimum absolute atomic E-state index is 0.0176. The van der Waals surface area contributed by atoms with Crippen molar-refractivity contribution in [2.75, 3.05) is 11.9 Å². The van der Waals surface area contributed by atoms with Crippen LogP contribution in [0.5, 0.6) is 0 Å². The lowest BCUT2D eigenvalue weighted by atomic mass is 10.1. The number of urea groups is 1. The lowest BCUT2D eigenvalue weighted by Crippen LogP contribution is -2.30. The number of carbonyl (C=O) groups excluding carboxylic acids is 1. The molecule has 4 N–H and O–H groups in total. The molecule has 10 heteroatoms. The lowest BCUT2D eigenvalue weighted by Gasteiger charge is -2.09. The third-order valence-electron chi connectivity index (χ3n) is 3.37. The molecule has 0 saturated heterocycles. The fraction of sp³-hybridized carbons (Fsp3) is 0.188. The van der Waals surface area contributed by atoms with E-state index in [0.717, 1.165) is 23.8 Å². The topological polar surface area (TPSA) is 101 Å². The number of amides is 2. The minimum atomic E-state index is -4.07. The molecule has 0 aliphatic carbocycles. The summed E-state index contributed by atoms with van der Waals surface area (Å²) in [5, 5.41) is 10.9. The molecule has 2 aromatic rings. The predicted molar refractivity (Wildman–Crippen MR) is 99.6 cm³/mol. The Kier molecular flexibility index (Phi) is 6.82. The van der Waals surface area contributed by atoms with Crippen LogP contribution in [0.15, 0.2) is 41.3 Å². The number of sulfonamides is 1. The molecule has 0 aliphatic rings. The van der Waals surface area contributed by atoms with Crippen LogP contribution in [-0.4, -0.2) is 21.0 Å². The quantitative estimate of drug-likeness (QED) is 0.623. The summed E-state index contributed by atoms with van der Waals surface area (Å²) in [6.45, 7) is 0.351. The Hall–Kier alpha value is -1.87. The standard InChI is InChI=1S/C16H16Cl2FN3O3S/c17-14-4-3-10(6-15(14)18)2-1-5-21-16(23)22-12-7-11(19)8-13(9-12)26(20,24)25/h3-4,6-9H,1-2,5H2,(H2,20,24,25)(H2,21,22,23). The van der Waals surface area contributed by atoms with Crippen molar-refractivity contribution in [3.63, 3.8) is 0 Å². The smallest absolute Gasteiger partial charge is 0.319 e. The largest absolute Gasteiger partial charge is 0.338 e. The van der Waals surface area contributed by atoms with Crippen LogP contribution in [0.3, 0.4) is 0 Å². The normalized spacial score (nSPS) is 11.2. The van der Waals surface area contributed by atoms with Crippen LogP contribution < -0.4 is 15.8 Å². The van der Waals surface area contributed by atoms with E-state index in [1.54, 1.807) is 12.1 Å². The van der Waals surface area contributed by atoms with Gasteiger partial charge in [0, 0.05) is 12.2 Å². The van der Waals surface area contributed by atoms with Gasteiger partial charge in [-0.1, -0.05) is 29.3 Å². The summed E-state index contributed by atoms with van der Waals surface area (Å²) in [5.41, 5.74) is 0.959. The first kappa shape index (κ1) is 20.4. The summed E-state index contributed by atoms with van der Waals surface area (Å²) in [7, 11) is -4.07. The number of nitrogens with one attached hydrogen (secondary N) is 2. The van der Waals surface area contributed by atoms with Crippen molar-refractivity contribution >= 4 is 44.9 Å². The van der Waals surface area contributed by atoms with Crippen molar-refractivity contribution in [3.05, 3.63) is 57.8 Å². The van der Waals surface area contributed by atoms with Crippen LogP contribution in [0.2, 0.25) is 10.0 Å². The van der Waals surface area contributed by atoms with Crippen molar-refractivity contribution in [2.24, 2.45) is 5.14 Å². The highest BCUT2D eigenvalue weighted by Crippen LogP contribution is 2.23. The molecule has 0 spiro atoms. The molecule has 140 valence electrons. The summed E-state index contributed by atoms with van der Waals surface area (Å²) in [6.07, 6.45) is 1.31. The van der Waals surface area contributed by atoms with E-state index >= 15 is 0 Å².